The molecule has 0 spiro atoms. The van der Waals surface area contributed by atoms with E-state index in [0.29, 0.717) is 16.9 Å². The predicted octanol–water partition coefficient (Wildman–Crippen LogP) is 3.72. The topological polar surface area (TPSA) is 84.2 Å². The van der Waals surface area contributed by atoms with E-state index < -0.39 is 11.9 Å². The highest BCUT2D eigenvalue weighted by molar-refractivity contribution is 5.97. The van der Waals surface area contributed by atoms with Crippen LogP contribution in [0.3, 0.4) is 0 Å². The molecule has 0 aliphatic rings. The predicted molar refractivity (Wildman–Crippen MR) is 103 cm³/mol. The Balaban J connectivity index is 1.83. The fraction of sp³-hybridized carbons (Fsp3) is 0.0476. The van der Waals surface area contributed by atoms with Gasteiger partial charge in [0, 0.05) is 16.9 Å². The van der Waals surface area contributed by atoms with E-state index in [0.717, 1.165) is 5.56 Å². The summed E-state index contributed by atoms with van der Waals surface area (Å²) in [6.07, 6.45) is 0. The molecule has 3 rings (SSSR count). The van der Waals surface area contributed by atoms with E-state index in [1.165, 1.54) is 24.3 Å². The normalized spacial score (nSPS) is 11.4. The lowest BCUT2D eigenvalue weighted by Crippen LogP contribution is -2.27. The van der Waals surface area contributed by atoms with Crippen molar-refractivity contribution in [1.82, 2.24) is 0 Å². The smallest absolute Gasteiger partial charge is 0.251 e. The maximum Gasteiger partial charge on any atom is 0.251 e. The van der Waals surface area contributed by atoms with Gasteiger partial charge in [-0.2, -0.15) is 0 Å². The molecule has 3 aromatic carbocycles. The summed E-state index contributed by atoms with van der Waals surface area (Å²) in [6.45, 7) is 0. The lowest BCUT2D eigenvalue weighted by atomic mass is 10.1. The fourth-order valence-electron chi connectivity index (χ4n) is 2.59. The standard InChI is InChI=1S/C21H18FN3O2/c22-16-8-12-18(13-9-16)25-21(27)19(14-4-2-1-3-5-14)24-17-10-6-15(7-11-17)20(23)26/h1-13,19,24H,(H2,23,26)(H,25,27). The first-order valence-electron chi connectivity index (χ1n) is 8.31. The zero-order valence-corrected chi connectivity index (χ0v) is 14.4. The molecule has 0 bridgehead atoms. The number of anilines is 2. The van der Waals surface area contributed by atoms with Gasteiger partial charge in [-0.3, -0.25) is 9.59 Å². The van der Waals surface area contributed by atoms with Crippen LogP contribution in [0.1, 0.15) is 22.0 Å². The summed E-state index contributed by atoms with van der Waals surface area (Å²) in [6, 6.07) is 20.6. The highest BCUT2D eigenvalue weighted by atomic mass is 19.1. The third kappa shape index (κ3) is 4.70. The van der Waals surface area contributed by atoms with Crippen LogP contribution >= 0.6 is 0 Å². The van der Waals surface area contributed by atoms with E-state index in [4.69, 9.17) is 5.73 Å². The summed E-state index contributed by atoms with van der Waals surface area (Å²) in [5, 5.41) is 5.93. The summed E-state index contributed by atoms with van der Waals surface area (Å²) in [5.74, 6) is -1.19. The molecule has 136 valence electrons. The molecular weight excluding hydrogens is 345 g/mol. The van der Waals surface area contributed by atoms with Gasteiger partial charge < -0.3 is 16.4 Å². The second-order valence-corrected chi connectivity index (χ2v) is 5.93. The second-order valence-electron chi connectivity index (χ2n) is 5.93. The molecule has 5 nitrogen and oxygen atoms in total. The Bertz CT molecular complexity index is 926. The molecule has 1 atom stereocenters. The Morgan fingerprint density at radius 2 is 1.41 bits per heavy atom. The molecule has 0 saturated carbocycles. The van der Waals surface area contributed by atoms with Crippen LogP contribution < -0.4 is 16.4 Å². The van der Waals surface area contributed by atoms with E-state index in [2.05, 4.69) is 10.6 Å². The summed E-state index contributed by atoms with van der Waals surface area (Å²) < 4.78 is 13.1. The van der Waals surface area contributed by atoms with Crippen LogP contribution in [0.25, 0.3) is 0 Å². The first kappa shape index (κ1) is 18.1. The largest absolute Gasteiger partial charge is 0.370 e. The molecule has 0 fully saturated rings. The molecule has 1 unspecified atom stereocenters. The van der Waals surface area contributed by atoms with Crippen molar-refractivity contribution >= 4 is 23.2 Å². The summed E-state index contributed by atoms with van der Waals surface area (Å²) in [5.41, 5.74) is 7.54. The fourth-order valence-corrected chi connectivity index (χ4v) is 2.59. The first-order chi connectivity index (χ1) is 13.0. The number of primary amides is 1. The van der Waals surface area contributed by atoms with E-state index in [1.54, 1.807) is 24.3 Å². The van der Waals surface area contributed by atoms with Gasteiger partial charge in [-0.15, -0.1) is 0 Å². The van der Waals surface area contributed by atoms with Gasteiger partial charge in [0.05, 0.1) is 0 Å². The van der Waals surface area contributed by atoms with Gasteiger partial charge in [0.1, 0.15) is 11.9 Å². The quantitative estimate of drug-likeness (QED) is 0.624. The molecule has 0 saturated heterocycles. The number of hydrogen-bond acceptors (Lipinski definition) is 3. The molecule has 4 N–H and O–H groups in total. The van der Waals surface area contributed by atoms with Crippen molar-refractivity contribution in [2.45, 2.75) is 6.04 Å². The number of nitrogens with two attached hydrogens (primary N) is 1. The number of carbonyl (C=O) groups is 2. The minimum atomic E-state index is -0.685. The van der Waals surface area contributed by atoms with Gasteiger partial charge in [-0.05, 0) is 54.1 Å². The van der Waals surface area contributed by atoms with Crippen molar-refractivity contribution in [3.63, 3.8) is 0 Å². The Hall–Kier alpha value is -3.67. The second kappa shape index (κ2) is 8.14. The highest BCUT2D eigenvalue weighted by Gasteiger charge is 2.20. The van der Waals surface area contributed by atoms with Crippen molar-refractivity contribution in [2.75, 3.05) is 10.6 Å². The lowest BCUT2D eigenvalue weighted by molar-refractivity contribution is -0.117. The van der Waals surface area contributed by atoms with E-state index in [9.17, 15) is 14.0 Å². The molecular formula is C21H18FN3O2. The third-order valence-electron chi connectivity index (χ3n) is 3.99. The highest BCUT2D eigenvalue weighted by Crippen LogP contribution is 2.22. The van der Waals surface area contributed by atoms with Crippen molar-refractivity contribution in [3.05, 3.63) is 95.8 Å². The maximum absolute atomic E-state index is 13.1. The van der Waals surface area contributed by atoms with Crippen molar-refractivity contribution in [1.29, 1.82) is 0 Å². The average molecular weight is 363 g/mol. The van der Waals surface area contributed by atoms with Crippen LogP contribution in [0, 0.1) is 5.82 Å². The summed E-state index contributed by atoms with van der Waals surface area (Å²) >= 11 is 0. The molecule has 3 aromatic rings. The van der Waals surface area contributed by atoms with Crippen LogP contribution in [-0.2, 0) is 4.79 Å². The zero-order chi connectivity index (χ0) is 19.2. The van der Waals surface area contributed by atoms with Crippen molar-refractivity contribution in [3.8, 4) is 0 Å². The van der Waals surface area contributed by atoms with E-state index in [1.807, 2.05) is 30.3 Å². The SMILES string of the molecule is NC(=O)c1ccc(NC(C(=O)Nc2ccc(F)cc2)c2ccccc2)cc1. The zero-order valence-electron chi connectivity index (χ0n) is 14.4. The summed E-state index contributed by atoms with van der Waals surface area (Å²) in [4.78, 5) is 24.0. The van der Waals surface area contributed by atoms with Crippen LogP contribution in [0.15, 0.2) is 78.9 Å². The molecule has 0 aliphatic carbocycles. The van der Waals surface area contributed by atoms with Gasteiger partial charge in [-0.1, -0.05) is 30.3 Å². The number of carbonyl (C=O) groups excluding carboxylic acids is 2. The first-order valence-corrected chi connectivity index (χ1v) is 8.31. The van der Waals surface area contributed by atoms with E-state index >= 15 is 0 Å². The van der Waals surface area contributed by atoms with Gasteiger partial charge in [-0.25, -0.2) is 4.39 Å². The number of rotatable bonds is 6. The molecule has 0 radical (unpaired) electrons. The molecule has 6 heteroatoms. The molecule has 0 aliphatic heterocycles. The van der Waals surface area contributed by atoms with Crippen LogP contribution in [-0.4, -0.2) is 11.8 Å². The average Bonchev–Trinajstić information content (AvgIpc) is 2.69. The Kier molecular flexibility index (Phi) is 5.47. The maximum atomic E-state index is 13.1. The Morgan fingerprint density at radius 1 is 0.815 bits per heavy atom. The number of halogens is 1. The minimum absolute atomic E-state index is 0.299. The third-order valence-corrected chi connectivity index (χ3v) is 3.99. The molecule has 0 aromatic heterocycles. The Morgan fingerprint density at radius 3 is 2.00 bits per heavy atom. The van der Waals surface area contributed by atoms with Crippen molar-refractivity contribution < 1.29 is 14.0 Å². The monoisotopic (exact) mass is 363 g/mol. The van der Waals surface area contributed by atoms with Crippen LogP contribution in [0.5, 0.6) is 0 Å². The summed E-state index contributed by atoms with van der Waals surface area (Å²) in [7, 11) is 0. The minimum Gasteiger partial charge on any atom is -0.370 e. The van der Waals surface area contributed by atoms with Gasteiger partial charge in [0.15, 0.2) is 0 Å². The van der Waals surface area contributed by atoms with Crippen LogP contribution in [0.4, 0.5) is 15.8 Å². The van der Waals surface area contributed by atoms with Crippen LogP contribution in [0.2, 0.25) is 0 Å². The molecule has 27 heavy (non-hydrogen) atoms. The molecule has 0 heterocycles. The van der Waals surface area contributed by atoms with Crippen molar-refractivity contribution in [2.24, 2.45) is 5.73 Å². The Labute approximate surface area is 156 Å². The number of benzene rings is 3. The number of nitrogens with one attached hydrogen (secondary N) is 2. The van der Waals surface area contributed by atoms with Gasteiger partial charge in [0.25, 0.3) is 5.91 Å². The lowest BCUT2D eigenvalue weighted by Gasteiger charge is -2.20. The van der Waals surface area contributed by atoms with Gasteiger partial charge in [0.2, 0.25) is 5.91 Å². The number of amides is 2. The van der Waals surface area contributed by atoms with Gasteiger partial charge >= 0.3 is 0 Å². The van der Waals surface area contributed by atoms with E-state index in [-0.39, 0.29) is 11.7 Å². The molecule has 2 amide bonds. The number of hydrogen-bond donors (Lipinski definition) is 3.